The zero-order valence-electron chi connectivity index (χ0n) is 13.0. The van der Waals surface area contributed by atoms with Crippen LogP contribution in [0.15, 0.2) is 18.2 Å². The lowest BCUT2D eigenvalue weighted by molar-refractivity contribution is 0.119. The molecule has 21 heavy (non-hydrogen) atoms. The van der Waals surface area contributed by atoms with Gasteiger partial charge in [0.2, 0.25) is 6.79 Å². The maximum absolute atomic E-state index is 6.11. The van der Waals surface area contributed by atoms with E-state index in [1.54, 1.807) is 0 Å². The molecule has 1 saturated heterocycles. The van der Waals surface area contributed by atoms with Crippen LogP contribution in [0.1, 0.15) is 32.3 Å². The van der Waals surface area contributed by atoms with Gasteiger partial charge in [-0.3, -0.25) is 0 Å². The number of rotatable bonds is 4. The van der Waals surface area contributed by atoms with E-state index >= 15 is 0 Å². The number of fused-ring (bicyclic) bond motifs is 1. The SMILES string of the molecule is CC1CN(C(C)CCc2ccc3c(c2)OCO3)CCC1N. The highest BCUT2D eigenvalue weighted by molar-refractivity contribution is 5.44. The summed E-state index contributed by atoms with van der Waals surface area (Å²) in [6, 6.07) is 7.26. The third-order valence-corrected chi connectivity index (χ3v) is 4.91. The third kappa shape index (κ3) is 3.33. The molecule has 1 fully saturated rings. The van der Waals surface area contributed by atoms with E-state index in [0.29, 0.717) is 24.8 Å². The molecule has 0 radical (unpaired) electrons. The lowest BCUT2D eigenvalue weighted by Gasteiger charge is -2.38. The van der Waals surface area contributed by atoms with Crippen molar-refractivity contribution in [1.82, 2.24) is 4.90 Å². The molecule has 2 aliphatic heterocycles. The van der Waals surface area contributed by atoms with E-state index < -0.39 is 0 Å². The average molecular weight is 290 g/mol. The molecule has 3 rings (SSSR count). The van der Waals surface area contributed by atoms with Gasteiger partial charge in [-0.2, -0.15) is 0 Å². The van der Waals surface area contributed by atoms with Gasteiger partial charge in [-0.1, -0.05) is 13.0 Å². The summed E-state index contributed by atoms with van der Waals surface area (Å²) < 4.78 is 10.8. The van der Waals surface area contributed by atoms with Crippen LogP contribution in [0.3, 0.4) is 0 Å². The smallest absolute Gasteiger partial charge is 0.231 e. The second-order valence-corrected chi connectivity index (χ2v) is 6.50. The highest BCUT2D eigenvalue weighted by atomic mass is 16.7. The first-order valence-corrected chi connectivity index (χ1v) is 8.01. The Hall–Kier alpha value is -1.26. The largest absolute Gasteiger partial charge is 0.454 e. The topological polar surface area (TPSA) is 47.7 Å². The molecule has 3 unspecified atom stereocenters. The van der Waals surface area contributed by atoms with E-state index in [0.717, 1.165) is 37.4 Å². The molecule has 116 valence electrons. The molecule has 4 nitrogen and oxygen atoms in total. The van der Waals surface area contributed by atoms with Crippen LogP contribution in [0.4, 0.5) is 0 Å². The standard InChI is InChI=1S/C17H26N2O2/c1-12-10-19(8-7-15(12)18)13(2)3-4-14-5-6-16-17(9-14)21-11-20-16/h5-6,9,12-13,15H,3-4,7-8,10-11,18H2,1-2H3. The van der Waals surface area contributed by atoms with Crippen LogP contribution in [0, 0.1) is 5.92 Å². The average Bonchev–Trinajstić information content (AvgIpc) is 2.95. The van der Waals surface area contributed by atoms with Crippen molar-refractivity contribution in [2.24, 2.45) is 11.7 Å². The fourth-order valence-corrected chi connectivity index (χ4v) is 3.25. The molecular weight excluding hydrogens is 264 g/mol. The van der Waals surface area contributed by atoms with Gasteiger partial charge in [-0.25, -0.2) is 0 Å². The van der Waals surface area contributed by atoms with Crippen LogP contribution in [0.5, 0.6) is 11.5 Å². The normalized spacial score (nSPS) is 26.8. The number of ether oxygens (including phenoxy) is 2. The summed E-state index contributed by atoms with van der Waals surface area (Å²) in [6.45, 7) is 7.20. The number of benzene rings is 1. The molecule has 0 saturated carbocycles. The third-order valence-electron chi connectivity index (χ3n) is 4.91. The number of hydrogen-bond acceptors (Lipinski definition) is 4. The van der Waals surface area contributed by atoms with Crippen molar-refractivity contribution in [3.8, 4) is 11.5 Å². The van der Waals surface area contributed by atoms with Crippen molar-refractivity contribution in [2.75, 3.05) is 19.9 Å². The maximum atomic E-state index is 6.11. The summed E-state index contributed by atoms with van der Waals surface area (Å²) in [7, 11) is 0. The van der Waals surface area contributed by atoms with Crippen LogP contribution in [-0.4, -0.2) is 36.9 Å². The molecule has 2 N–H and O–H groups in total. The van der Waals surface area contributed by atoms with Crippen molar-refractivity contribution < 1.29 is 9.47 Å². The van der Waals surface area contributed by atoms with Crippen LogP contribution in [0.2, 0.25) is 0 Å². The Balaban J connectivity index is 1.52. The summed E-state index contributed by atoms with van der Waals surface area (Å²) >= 11 is 0. The van der Waals surface area contributed by atoms with Gasteiger partial charge in [-0.05, 0) is 56.3 Å². The zero-order chi connectivity index (χ0) is 14.8. The predicted molar refractivity (Wildman–Crippen MR) is 83.7 cm³/mol. The van der Waals surface area contributed by atoms with Gasteiger partial charge in [0.05, 0.1) is 0 Å². The van der Waals surface area contributed by atoms with E-state index in [4.69, 9.17) is 15.2 Å². The molecule has 3 atom stereocenters. The number of piperidine rings is 1. The molecule has 0 spiro atoms. The fourth-order valence-electron chi connectivity index (χ4n) is 3.25. The Morgan fingerprint density at radius 1 is 1.33 bits per heavy atom. The number of aryl methyl sites for hydroxylation is 1. The van der Waals surface area contributed by atoms with E-state index in [9.17, 15) is 0 Å². The minimum absolute atomic E-state index is 0.348. The van der Waals surface area contributed by atoms with Gasteiger partial charge in [-0.15, -0.1) is 0 Å². The molecule has 0 bridgehead atoms. The van der Waals surface area contributed by atoms with Gasteiger partial charge < -0.3 is 20.1 Å². The molecule has 1 aromatic carbocycles. The quantitative estimate of drug-likeness (QED) is 0.925. The van der Waals surface area contributed by atoms with Crippen LogP contribution in [-0.2, 0) is 6.42 Å². The molecule has 0 amide bonds. The molecule has 2 heterocycles. The van der Waals surface area contributed by atoms with Crippen LogP contribution < -0.4 is 15.2 Å². The summed E-state index contributed by atoms with van der Waals surface area (Å²) in [5.74, 6) is 2.36. The van der Waals surface area contributed by atoms with Gasteiger partial charge in [0.25, 0.3) is 0 Å². The molecule has 4 heteroatoms. The van der Waals surface area contributed by atoms with Gasteiger partial charge in [0.1, 0.15) is 0 Å². The minimum Gasteiger partial charge on any atom is -0.454 e. The minimum atomic E-state index is 0.348. The van der Waals surface area contributed by atoms with E-state index in [1.165, 1.54) is 12.0 Å². The van der Waals surface area contributed by atoms with Gasteiger partial charge in [0.15, 0.2) is 11.5 Å². The first-order chi connectivity index (χ1) is 10.1. The highest BCUT2D eigenvalue weighted by Gasteiger charge is 2.25. The Morgan fingerprint density at radius 3 is 2.95 bits per heavy atom. The summed E-state index contributed by atoms with van der Waals surface area (Å²) in [6.07, 6.45) is 3.37. The van der Waals surface area contributed by atoms with Gasteiger partial charge >= 0.3 is 0 Å². The lowest BCUT2D eigenvalue weighted by atomic mass is 9.93. The first-order valence-electron chi connectivity index (χ1n) is 8.01. The fraction of sp³-hybridized carbons (Fsp3) is 0.647. The second kappa shape index (κ2) is 6.24. The number of nitrogens with two attached hydrogens (primary N) is 1. The van der Waals surface area contributed by atoms with Crippen molar-refractivity contribution in [3.05, 3.63) is 23.8 Å². The number of hydrogen-bond donors (Lipinski definition) is 1. The van der Waals surface area contributed by atoms with Crippen molar-refractivity contribution in [3.63, 3.8) is 0 Å². The number of nitrogens with zero attached hydrogens (tertiary/aromatic N) is 1. The van der Waals surface area contributed by atoms with E-state index in [2.05, 4.69) is 30.9 Å². The van der Waals surface area contributed by atoms with Crippen molar-refractivity contribution >= 4 is 0 Å². The maximum Gasteiger partial charge on any atom is 0.231 e. The molecule has 1 aromatic rings. The Morgan fingerprint density at radius 2 is 2.14 bits per heavy atom. The molecule has 2 aliphatic rings. The molecular formula is C17H26N2O2. The van der Waals surface area contributed by atoms with Crippen LogP contribution >= 0.6 is 0 Å². The summed E-state index contributed by atoms with van der Waals surface area (Å²) in [4.78, 5) is 2.58. The zero-order valence-corrected chi connectivity index (χ0v) is 13.0. The Bertz CT molecular complexity index is 492. The monoisotopic (exact) mass is 290 g/mol. The summed E-state index contributed by atoms with van der Waals surface area (Å²) in [5.41, 5.74) is 7.43. The number of likely N-dealkylation sites (tertiary alicyclic amines) is 1. The van der Waals surface area contributed by atoms with E-state index in [-0.39, 0.29) is 0 Å². The summed E-state index contributed by atoms with van der Waals surface area (Å²) in [5, 5.41) is 0. The van der Waals surface area contributed by atoms with Crippen molar-refractivity contribution in [1.29, 1.82) is 0 Å². The molecule has 0 aromatic heterocycles. The van der Waals surface area contributed by atoms with Gasteiger partial charge in [0, 0.05) is 18.6 Å². The first kappa shape index (κ1) is 14.7. The van der Waals surface area contributed by atoms with Crippen LogP contribution in [0.25, 0.3) is 0 Å². The Labute approximate surface area is 127 Å². The van der Waals surface area contributed by atoms with E-state index in [1.807, 2.05) is 6.07 Å². The second-order valence-electron chi connectivity index (χ2n) is 6.50. The highest BCUT2D eigenvalue weighted by Crippen LogP contribution is 2.33. The predicted octanol–water partition coefficient (Wildman–Crippen LogP) is 2.41. The Kier molecular flexibility index (Phi) is 4.36. The van der Waals surface area contributed by atoms with Crippen molar-refractivity contribution in [2.45, 2.75) is 45.2 Å². The lowest BCUT2D eigenvalue weighted by Crippen LogP contribution is -2.49. The molecule has 0 aliphatic carbocycles.